The standard InChI is InChI=1S/C22H23FN8O/c1-5-18-21(32)29(4)14(2)19(31(18)17-12-26-27-13-17)28-22(24-3)30-11-10-25-20(30)15-6-8-16(23)9-7-15/h6-13,18H,3,5H2,1-2,4H3,(H,26,27). The van der Waals surface area contributed by atoms with Crippen LogP contribution < -0.4 is 4.90 Å². The molecule has 0 saturated heterocycles. The Morgan fingerprint density at radius 2 is 2.06 bits per heavy atom. The van der Waals surface area contributed by atoms with E-state index in [0.717, 1.165) is 0 Å². The summed E-state index contributed by atoms with van der Waals surface area (Å²) in [7, 11) is 1.73. The van der Waals surface area contributed by atoms with Crippen LogP contribution >= 0.6 is 0 Å². The molecule has 1 amide bonds. The van der Waals surface area contributed by atoms with Crippen molar-refractivity contribution in [1.82, 2.24) is 24.6 Å². The molecule has 0 saturated carbocycles. The number of hydrogen-bond acceptors (Lipinski definition) is 5. The summed E-state index contributed by atoms with van der Waals surface area (Å²) in [5, 5.41) is 6.83. The van der Waals surface area contributed by atoms with Crippen LogP contribution in [0.2, 0.25) is 0 Å². The summed E-state index contributed by atoms with van der Waals surface area (Å²) in [6.45, 7) is 7.46. The van der Waals surface area contributed by atoms with Crippen LogP contribution in [0.3, 0.4) is 0 Å². The van der Waals surface area contributed by atoms with Crippen molar-refractivity contribution < 1.29 is 9.18 Å². The molecular formula is C22H23FN8O. The monoisotopic (exact) mass is 434 g/mol. The predicted molar refractivity (Wildman–Crippen MR) is 121 cm³/mol. The molecule has 4 rings (SSSR count). The lowest BCUT2D eigenvalue weighted by Gasteiger charge is -2.40. The van der Waals surface area contributed by atoms with E-state index >= 15 is 0 Å². The Hall–Kier alpha value is -4.08. The van der Waals surface area contributed by atoms with Crippen LogP contribution in [0, 0.1) is 5.82 Å². The Balaban J connectivity index is 1.86. The molecule has 0 bridgehead atoms. The van der Waals surface area contributed by atoms with Crippen molar-refractivity contribution in [3.05, 3.63) is 66.4 Å². The number of aromatic nitrogens is 4. The fourth-order valence-electron chi connectivity index (χ4n) is 3.68. The van der Waals surface area contributed by atoms with Gasteiger partial charge in [-0.15, -0.1) is 0 Å². The van der Waals surface area contributed by atoms with Crippen LogP contribution in [-0.2, 0) is 4.79 Å². The van der Waals surface area contributed by atoms with Gasteiger partial charge in [-0.25, -0.2) is 14.4 Å². The number of rotatable bonds is 4. The van der Waals surface area contributed by atoms with E-state index in [2.05, 4.69) is 26.9 Å². The molecule has 1 N–H and O–H groups in total. The van der Waals surface area contributed by atoms with Gasteiger partial charge in [0.1, 0.15) is 17.7 Å². The number of hydrogen-bond donors (Lipinski definition) is 1. The highest BCUT2D eigenvalue weighted by molar-refractivity contribution is 5.93. The second-order valence-corrected chi connectivity index (χ2v) is 7.25. The highest BCUT2D eigenvalue weighted by atomic mass is 19.1. The number of nitrogens with zero attached hydrogens (tertiary/aromatic N) is 7. The molecule has 1 aliphatic rings. The number of likely N-dealkylation sites (N-methyl/N-ethyl adjacent to an activating group) is 1. The Morgan fingerprint density at radius 1 is 1.31 bits per heavy atom. The van der Waals surface area contributed by atoms with Gasteiger partial charge in [0.05, 0.1) is 17.6 Å². The van der Waals surface area contributed by atoms with E-state index in [1.54, 1.807) is 53.4 Å². The van der Waals surface area contributed by atoms with E-state index in [0.29, 0.717) is 35.0 Å². The van der Waals surface area contributed by atoms with Gasteiger partial charge in [0.25, 0.3) is 0 Å². The molecule has 1 unspecified atom stereocenters. The molecule has 9 nitrogen and oxygen atoms in total. The molecule has 1 atom stereocenters. The third kappa shape index (κ3) is 3.59. The SMILES string of the molecule is C=NC(=NC1=C(C)N(C)C(=O)C(CC)N1c1cn[nH]c1)n1ccnc1-c1ccc(F)cc1. The number of halogens is 1. The molecule has 3 heterocycles. The molecule has 2 aromatic heterocycles. The van der Waals surface area contributed by atoms with Crippen molar-refractivity contribution in [1.29, 1.82) is 0 Å². The van der Waals surface area contributed by atoms with Crippen LogP contribution in [0.25, 0.3) is 11.4 Å². The van der Waals surface area contributed by atoms with Gasteiger partial charge in [0, 0.05) is 31.2 Å². The molecule has 1 aliphatic heterocycles. The third-order valence-electron chi connectivity index (χ3n) is 5.44. The normalized spacial score (nSPS) is 17.3. The number of allylic oxidation sites excluding steroid dienone is 1. The fraction of sp³-hybridized carbons (Fsp3) is 0.227. The third-order valence-corrected chi connectivity index (χ3v) is 5.44. The smallest absolute Gasteiger partial charge is 0.249 e. The minimum absolute atomic E-state index is 0.0344. The van der Waals surface area contributed by atoms with Crippen molar-refractivity contribution in [2.24, 2.45) is 9.98 Å². The Kier molecular flexibility index (Phi) is 5.67. The van der Waals surface area contributed by atoms with Gasteiger partial charge in [-0.3, -0.25) is 14.5 Å². The van der Waals surface area contributed by atoms with Gasteiger partial charge in [0.15, 0.2) is 5.82 Å². The van der Waals surface area contributed by atoms with Crippen LogP contribution in [0.1, 0.15) is 20.3 Å². The van der Waals surface area contributed by atoms with Gasteiger partial charge in [-0.05, 0) is 44.3 Å². The first-order valence-corrected chi connectivity index (χ1v) is 10.1. The minimum atomic E-state index is -0.453. The average Bonchev–Trinajstić information content (AvgIpc) is 3.50. The van der Waals surface area contributed by atoms with E-state index in [9.17, 15) is 9.18 Å². The van der Waals surface area contributed by atoms with E-state index in [-0.39, 0.29) is 17.7 Å². The zero-order chi connectivity index (χ0) is 22.8. The summed E-state index contributed by atoms with van der Waals surface area (Å²) >= 11 is 0. The van der Waals surface area contributed by atoms with Gasteiger partial charge < -0.3 is 9.80 Å². The first kappa shape index (κ1) is 21.2. The van der Waals surface area contributed by atoms with Gasteiger partial charge >= 0.3 is 0 Å². The topological polar surface area (TPSA) is 94.8 Å². The Bertz CT molecular complexity index is 1190. The highest BCUT2D eigenvalue weighted by Gasteiger charge is 2.37. The van der Waals surface area contributed by atoms with E-state index in [1.807, 2.05) is 18.7 Å². The minimum Gasteiger partial charge on any atom is -0.314 e. The van der Waals surface area contributed by atoms with E-state index in [4.69, 9.17) is 4.99 Å². The molecule has 32 heavy (non-hydrogen) atoms. The number of imidazole rings is 1. The van der Waals surface area contributed by atoms with Gasteiger partial charge in [0.2, 0.25) is 11.9 Å². The summed E-state index contributed by atoms with van der Waals surface area (Å²) in [5.74, 6) is 0.980. The fourth-order valence-corrected chi connectivity index (χ4v) is 3.68. The molecule has 1 aromatic carbocycles. The number of anilines is 1. The first-order valence-electron chi connectivity index (χ1n) is 10.1. The number of carbonyl (C=O) groups excluding carboxylic acids is 1. The number of amides is 1. The lowest BCUT2D eigenvalue weighted by Crippen LogP contribution is -2.51. The molecule has 0 aliphatic carbocycles. The van der Waals surface area contributed by atoms with Crippen LogP contribution in [0.15, 0.2) is 70.6 Å². The summed E-state index contributed by atoms with van der Waals surface area (Å²) in [6, 6.07) is 5.56. The largest absolute Gasteiger partial charge is 0.314 e. The van der Waals surface area contributed by atoms with Crippen molar-refractivity contribution in [2.75, 3.05) is 11.9 Å². The van der Waals surface area contributed by atoms with Gasteiger partial charge in [-0.2, -0.15) is 10.1 Å². The quantitative estimate of drug-likeness (QED) is 0.504. The Morgan fingerprint density at radius 3 is 2.69 bits per heavy atom. The molecule has 3 aromatic rings. The molecule has 164 valence electrons. The summed E-state index contributed by atoms with van der Waals surface area (Å²) < 4.78 is 15.1. The number of aromatic amines is 1. The number of aliphatic imine (C=N–C) groups is 2. The summed E-state index contributed by atoms with van der Waals surface area (Å²) in [4.78, 5) is 29.7. The van der Waals surface area contributed by atoms with Gasteiger partial charge in [-0.1, -0.05) is 6.92 Å². The van der Waals surface area contributed by atoms with Crippen molar-refractivity contribution in [2.45, 2.75) is 26.3 Å². The van der Waals surface area contributed by atoms with E-state index in [1.165, 1.54) is 12.1 Å². The number of carbonyl (C=O) groups is 1. The molecular weight excluding hydrogens is 411 g/mol. The number of H-pyrrole nitrogens is 1. The molecule has 10 heteroatoms. The van der Waals surface area contributed by atoms with Crippen LogP contribution in [-0.4, -0.2) is 56.3 Å². The van der Waals surface area contributed by atoms with Crippen LogP contribution in [0.4, 0.5) is 10.1 Å². The van der Waals surface area contributed by atoms with Crippen molar-refractivity contribution >= 4 is 24.3 Å². The van der Waals surface area contributed by atoms with Crippen molar-refractivity contribution in [3.8, 4) is 11.4 Å². The summed E-state index contributed by atoms with van der Waals surface area (Å²) in [6.07, 6.45) is 7.25. The number of benzene rings is 1. The number of nitrogens with one attached hydrogen (secondary N) is 1. The zero-order valence-corrected chi connectivity index (χ0v) is 18.0. The predicted octanol–water partition coefficient (Wildman–Crippen LogP) is 3.26. The molecule has 0 spiro atoms. The first-order chi connectivity index (χ1) is 15.5. The molecule has 0 fully saturated rings. The summed E-state index contributed by atoms with van der Waals surface area (Å²) in [5.41, 5.74) is 2.07. The second-order valence-electron chi connectivity index (χ2n) is 7.25. The maximum absolute atomic E-state index is 13.4. The highest BCUT2D eigenvalue weighted by Crippen LogP contribution is 2.32. The zero-order valence-electron chi connectivity index (χ0n) is 18.0. The lowest BCUT2D eigenvalue weighted by atomic mass is 10.1. The van der Waals surface area contributed by atoms with E-state index < -0.39 is 6.04 Å². The van der Waals surface area contributed by atoms with Crippen LogP contribution in [0.5, 0.6) is 0 Å². The Labute approximate surface area is 184 Å². The maximum atomic E-state index is 13.4. The second kappa shape index (κ2) is 8.58. The molecule has 0 radical (unpaired) electrons. The average molecular weight is 434 g/mol. The lowest BCUT2D eigenvalue weighted by molar-refractivity contribution is -0.130. The maximum Gasteiger partial charge on any atom is 0.249 e. The van der Waals surface area contributed by atoms with Crippen molar-refractivity contribution in [3.63, 3.8) is 0 Å².